The van der Waals surface area contributed by atoms with E-state index in [-0.39, 0.29) is 6.04 Å². The maximum Gasteiger partial charge on any atom is 0.213 e. The first-order chi connectivity index (χ1) is 5.65. The second kappa shape index (κ2) is 3.63. The van der Waals surface area contributed by atoms with Crippen LogP contribution in [-0.4, -0.2) is 12.0 Å². The van der Waals surface area contributed by atoms with Gasteiger partial charge < -0.3 is 5.32 Å². The third-order valence-corrected chi connectivity index (χ3v) is 2.02. The molecule has 1 aromatic rings. The van der Waals surface area contributed by atoms with E-state index in [1.54, 1.807) is 6.20 Å². The Bertz CT molecular complexity index is 273. The van der Waals surface area contributed by atoms with E-state index in [1.165, 1.54) is 6.07 Å². The summed E-state index contributed by atoms with van der Waals surface area (Å²) >= 11 is 0. The molecule has 3 heteroatoms. The Balaban J connectivity index is 3.01. The zero-order valence-corrected chi connectivity index (χ0v) is 7.56. The molecule has 0 unspecified atom stereocenters. The Morgan fingerprint density at radius 2 is 2.25 bits per heavy atom. The molecule has 66 valence electrons. The fourth-order valence-corrected chi connectivity index (χ4v) is 1.14. The number of aryl methyl sites for hydroxylation is 1. The number of aromatic nitrogens is 1. The molecule has 12 heavy (non-hydrogen) atoms. The van der Waals surface area contributed by atoms with Crippen LogP contribution in [0.2, 0.25) is 0 Å². The molecular weight excluding hydrogens is 155 g/mol. The van der Waals surface area contributed by atoms with Crippen LogP contribution in [0.4, 0.5) is 4.39 Å². The van der Waals surface area contributed by atoms with Gasteiger partial charge in [0.25, 0.3) is 0 Å². The average molecular weight is 168 g/mol. The lowest BCUT2D eigenvalue weighted by molar-refractivity contribution is 0.573. The predicted molar refractivity (Wildman–Crippen MR) is 46.4 cm³/mol. The molecule has 1 heterocycles. The highest BCUT2D eigenvalue weighted by Gasteiger charge is 2.06. The number of pyridine rings is 1. The van der Waals surface area contributed by atoms with E-state index in [1.807, 2.05) is 20.9 Å². The molecular formula is C9H13FN2. The normalized spacial score (nSPS) is 13.0. The van der Waals surface area contributed by atoms with Crippen molar-refractivity contribution >= 4 is 0 Å². The summed E-state index contributed by atoms with van der Waals surface area (Å²) < 4.78 is 12.6. The molecule has 0 bridgehead atoms. The highest BCUT2D eigenvalue weighted by atomic mass is 19.1. The minimum atomic E-state index is -0.417. The van der Waals surface area contributed by atoms with E-state index in [9.17, 15) is 4.39 Å². The first-order valence-electron chi connectivity index (χ1n) is 3.94. The summed E-state index contributed by atoms with van der Waals surface area (Å²) in [5.41, 5.74) is 1.98. The van der Waals surface area contributed by atoms with Crippen molar-refractivity contribution in [2.75, 3.05) is 7.05 Å². The zero-order valence-electron chi connectivity index (χ0n) is 7.56. The van der Waals surface area contributed by atoms with Gasteiger partial charge in [-0.15, -0.1) is 0 Å². The van der Waals surface area contributed by atoms with Crippen LogP contribution in [0.15, 0.2) is 12.3 Å². The standard InChI is InChI=1S/C9H13FN2/c1-6-4-9(10)12-5-8(6)7(2)11-3/h4-5,7,11H,1-3H3/t7-/m0/s1. The third-order valence-electron chi connectivity index (χ3n) is 2.02. The van der Waals surface area contributed by atoms with Crippen LogP contribution < -0.4 is 5.32 Å². The van der Waals surface area contributed by atoms with Gasteiger partial charge in [-0.05, 0) is 38.1 Å². The minimum Gasteiger partial charge on any atom is -0.313 e. The van der Waals surface area contributed by atoms with Gasteiger partial charge >= 0.3 is 0 Å². The Hall–Kier alpha value is -0.960. The fraction of sp³-hybridized carbons (Fsp3) is 0.444. The van der Waals surface area contributed by atoms with Crippen molar-refractivity contribution < 1.29 is 4.39 Å². The lowest BCUT2D eigenvalue weighted by Crippen LogP contribution is -2.14. The van der Waals surface area contributed by atoms with Crippen molar-refractivity contribution in [2.45, 2.75) is 19.9 Å². The first-order valence-corrected chi connectivity index (χ1v) is 3.94. The summed E-state index contributed by atoms with van der Waals surface area (Å²) in [6.07, 6.45) is 1.58. The molecule has 0 saturated heterocycles. The summed E-state index contributed by atoms with van der Waals surface area (Å²) in [5, 5.41) is 3.08. The molecule has 0 saturated carbocycles. The molecule has 0 spiro atoms. The summed E-state index contributed by atoms with van der Waals surface area (Å²) in [4.78, 5) is 3.60. The molecule has 0 aliphatic rings. The minimum absolute atomic E-state index is 0.220. The van der Waals surface area contributed by atoms with E-state index in [4.69, 9.17) is 0 Å². The summed E-state index contributed by atoms with van der Waals surface area (Å²) in [6, 6.07) is 1.67. The topological polar surface area (TPSA) is 24.9 Å². The van der Waals surface area contributed by atoms with Gasteiger partial charge in [-0.3, -0.25) is 0 Å². The molecule has 1 rings (SSSR count). The Kier molecular flexibility index (Phi) is 2.76. The third kappa shape index (κ3) is 1.80. The molecule has 0 aromatic carbocycles. The highest BCUT2D eigenvalue weighted by Crippen LogP contribution is 2.15. The maximum atomic E-state index is 12.6. The Morgan fingerprint density at radius 1 is 1.58 bits per heavy atom. The summed E-state index contributed by atoms with van der Waals surface area (Å²) in [5.74, 6) is -0.417. The van der Waals surface area contributed by atoms with Crippen LogP contribution in [0.5, 0.6) is 0 Å². The summed E-state index contributed by atoms with van der Waals surface area (Å²) in [6.45, 7) is 3.90. The summed E-state index contributed by atoms with van der Waals surface area (Å²) in [7, 11) is 1.87. The number of nitrogens with one attached hydrogen (secondary N) is 1. The number of halogens is 1. The SMILES string of the molecule is CN[C@@H](C)c1cnc(F)cc1C. The van der Waals surface area contributed by atoms with Crippen LogP contribution >= 0.6 is 0 Å². The molecule has 0 amide bonds. The smallest absolute Gasteiger partial charge is 0.213 e. The second-order valence-electron chi connectivity index (χ2n) is 2.87. The predicted octanol–water partition coefficient (Wildman–Crippen LogP) is 1.81. The van der Waals surface area contributed by atoms with Gasteiger partial charge in [0.2, 0.25) is 5.95 Å². The monoisotopic (exact) mass is 168 g/mol. The number of hydrogen-bond acceptors (Lipinski definition) is 2. The zero-order chi connectivity index (χ0) is 9.14. The average Bonchev–Trinajstić information content (AvgIpc) is 2.03. The van der Waals surface area contributed by atoms with Gasteiger partial charge in [0.15, 0.2) is 0 Å². The van der Waals surface area contributed by atoms with E-state index in [2.05, 4.69) is 10.3 Å². The molecule has 1 atom stereocenters. The number of rotatable bonds is 2. The molecule has 0 aliphatic carbocycles. The van der Waals surface area contributed by atoms with Crippen molar-refractivity contribution in [3.05, 3.63) is 29.3 Å². The van der Waals surface area contributed by atoms with Crippen molar-refractivity contribution in [2.24, 2.45) is 0 Å². The van der Waals surface area contributed by atoms with E-state index >= 15 is 0 Å². The molecule has 1 N–H and O–H groups in total. The molecule has 0 aliphatic heterocycles. The highest BCUT2D eigenvalue weighted by molar-refractivity contribution is 5.24. The van der Waals surface area contributed by atoms with Gasteiger partial charge in [-0.1, -0.05) is 0 Å². The molecule has 2 nitrogen and oxygen atoms in total. The Labute approximate surface area is 71.8 Å². The lowest BCUT2D eigenvalue weighted by atomic mass is 10.1. The van der Waals surface area contributed by atoms with Gasteiger partial charge in [0.1, 0.15) is 0 Å². The van der Waals surface area contributed by atoms with Crippen molar-refractivity contribution in [3.8, 4) is 0 Å². The van der Waals surface area contributed by atoms with Crippen LogP contribution in [0, 0.1) is 12.9 Å². The van der Waals surface area contributed by atoms with Crippen molar-refractivity contribution in [3.63, 3.8) is 0 Å². The maximum absolute atomic E-state index is 12.6. The molecule has 0 fully saturated rings. The van der Waals surface area contributed by atoms with Gasteiger partial charge in [0, 0.05) is 12.2 Å². The Morgan fingerprint density at radius 3 is 2.75 bits per heavy atom. The largest absolute Gasteiger partial charge is 0.313 e. The van der Waals surface area contributed by atoms with Gasteiger partial charge in [-0.25, -0.2) is 4.98 Å². The molecule has 1 aromatic heterocycles. The van der Waals surface area contributed by atoms with E-state index in [0.29, 0.717) is 0 Å². The fourth-order valence-electron chi connectivity index (χ4n) is 1.14. The quantitative estimate of drug-likeness (QED) is 0.681. The van der Waals surface area contributed by atoms with E-state index < -0.39 is 5.95 Å². The van der Waals surface area contributed by atoms with Gasteiger partial charge in [0.05, 0.1) is 0 Å². The number of nitrogens with zero attached hydrogens (tertiary/aromatic N) is 1. The van der Waals surface area contributed by atoms with Crippen LogP contribution in [-0.2, 0) is 0 Å². The first kappa shape index (κ1) is 9.13. The van der Waals surface area contributed by atoms with Crippen LogP contribution in [0.25, 0.3) is 0 Å². The second-order valence-corrected chi connectivity index (χ2v) is 2.87. The van der Waals surface area contributed by atoms with Crippen LogP contribution in [0.3, 0.4) is 0 Å². The lowest BCUT2D eigenvalue weighted by Gasteiger charge is -2.12. The van der Waals surface area contributed by atoms with Crippen LogP contribution in [0.1, 0.15) is 24.1 Å². The number of hydrogen-bond donors (Lipinski definition) is 1. The van der Waals surface area contributed by atoms with Crippen molar-refractivity contribution in [1.82, 2.24) is 10.3 Å². The van der Waals surface area contributed by atoms with Crippen molar-refractivity contribution in [1.29, 1.82) is 0 Å². The van der Waals surface area contributed by atoms with Gasteiger partial charge in [-0.2, -0.15) is 4.39 Å². The molecule has 0 radical (unpaired) electrons. The van der Waals surface area contributed by atoms with E-state index in [0.717, 1.165) is 11.1 Å².